The molecule has 0 saturated carbocycles. The summed E-state index contributed by atoms with van der Waals surface area (Å²) in [6, 6.07) is 9.63. The number of aryl methyl sites for hydroxylation is 1. The predicted octanol–water partition coefficient (Wildman–Crippen LogP) is 5.22. The molecule has 0 aliphatic heterocycles. The predicted molar refractivity (Wildman–Crippen MR) is 113 cm³/mol. The van der Waals surface area contributed by atoms with Gasteiger partial charge in [0.15, 0.2) is 0 Å². The fourth-order valence-electron chi connectivity index (χ4n) is 2.79. The van der Waals surface area contributed by atoms with Crippen molar-refractivity contribution in [1.29, 1.82) is 0 Å². The molecule has 0 atom stereocenters. The Kier molecular flexibility index (Phi) is 7.59. The average molecular weight is 393 g/mol. The number of allylic oxidation sites excluding steroid dienone is 1. The third kappa shape index (κ3) is 7.29. The fourth-order valence-corrected chi connectivity index (χ4v) is 4.81. The molecule has 0 fully saturated rings. The first kappa shape index (κ1) is 22.4. The lowest BCUT2D eigenvalue weighted by Crippen LogP contribution is -2.22. The molecule has 144 valence electrons. The van der Waals surface area contributed by atoms with Crippen molar-refractivity contribution in [2.24, 2.45) is 0 Å². The zero-order chi connectivity index (χ0) is 20.1. The smallest absolute Gasteiger partial charge is 0.343 e. The average Bonchev–Trinajstić information content (AvgIpc) is 2.47. The lowest BCUT2D eigenvalue weighted by atomic mass is 9.92. The molecule has 0 heterocycles. The van der Waals surface area contributed by atoms with Crippen molar-refractivity contribution in [3.63, 3.8) is 0 Å². The third-order valence-electron chi connectivity index (χ3n) is 4.34. The molecule has 0 bridgehead atoms. The second-order valence-electron chi connectivity index (χ2n) is 9.24. The first-order valence-electron chi connectivity index (χ1n) is 9.10. The van der Waals surface area contributed by atoms with Gasteiger partial charge in [0.2, 0.25) is 0 Å². The van der Waals surface area contributed by atoms with Crippen LogP contribution in [0.25, 0.3) is 5.57 Å². The second-order valence-corrected chi connectivity index (χ2v) is 20.5. The SMILES string of the molecule is C[Si](C)(C)CCC(=C(C(=O)O)C(=O)O)c1ccccc1CC[Si](C)(C)C. The van der Waals surface area contributed by atoms with E-state index in [1.165, 1.54) is 0 Å². The molecule has 0 saturated heterocycles. The van der Waals surface area contributed by atoms with Crippen LogP contribution >= 0.6 is 0 Å². The van der Waals surface area contributed by atoms with Gasteiger partial charge in [0.05, 0.1) is 0 Å². The van der Waals surface area contributed by atoms with E-state index in [-0.39, 0.29) is 0 Å². The van der Waals surface area contributed by atoms with Gasteiger partial charge in [-0.1, -0.05) is 75.6 Å². The van der Waals surface area contributed by atoms with Crippen LogP contribution in [0.2, 0.25) is 51.4 Å². The van der Waals surface area contributed by atoms with Gasteiger partial charge in [0, 0.05) is 16.1 Å². The van der Waals surface area contributed by atoms with Gasteiger partial charge in [-0.05, 0) is 29.5 Å². The molecule has 0 aromatic heterocycles. The Morgan fingerprint density at radius 1 is 0.846 bits per heavy atom. The van der Waals surface area contributed by atoms with Crippen molar-refractivity contribution in [3.8, 4) is 0 Å². The molecular formula is C20H32O4Si2. The zero-order valence-corrected chi connectivity index (χ0v) is 18.8. The first-order chi connectivity index (χ1) is 11.8. The van der Waals surface area contributed by atoms with Crippen LogP contribution in [-0.4, -0.2) is 38.3 Å². The molecule has 0 aliphatic carbocycles. The van der Waals surface area contributed by atoms with Crippen molar-refractivity contribution >= 4 is 33.7 Å². The molecule has 6 heteroatoms. The van der Waals surface area contributed by atoms with E-state index in [9.17, 15) is 19.8 Å². The van der Waals surface area contributed by atoms with Gasteiger partial charge in [0.1, 0.15) is 5.57 Å². The van der Waals surface area contributed by atoms with E-state index in [0.717, 1.165) is 29.6 Å². The van der Waals surface area contributed by atoms with Gasteiger partial charge in [-0.25, -0.2) is 9.59 Å². The molecule has 0 aliphatic rings. The Labute approximate surface area is 159 Å². The summed E-state index contributed by atoms with van der Waals surface area (Å²) in [5.41, 5.74) is 1.84. The topological polar surface area (TPSA) is 74.6 Å². The minimum atomic E-state index is -1.45. The maximum Gasteiger partial charge on any atom is 0.343 e. The number of carboxylic acids is 2. The molecule has 26 heavy (non-hydrogen) atoms. The maximum absolute atomic E-state index is 11.7. The van der Waals surface area contributed by atoms with Crippen molar-refractivity contribution < 1.29 is 19.8 Å². The van der Waals surface area contributed by atoms with Crippen LogP contribution in [0.3, 0.4) is 0 Å². The van der Waals surface area contributed by atoms with Gasteiger partial charge >= 0.3 is 11.9 Å². The van der Waals surface area contributed by atoms with E-state index >= 15 is 0 Å². The minimum absolute atomic E-state index is 0.471. The van der Waals surface area contributed by atoms with Crippen molar-refractivity contribution in [2.45, 2.75) is 64.2 Å². The van der Waals surface area contributed by atoms with Gasteiger partial charge in [-0.2, -0.15) is 0 Å². The summed E-state index contributed by atoms with van der Waals surface area (Å²) >= 11 is 0. The Bertz CT molecular complexity index is 678. The van der Waals surface area contributed by atoms with Crippen molar-refractivity contribution in [2.75, 3.05) is 0 Å². The van der Waals surface area contributed by atoms with E-state index in [1.54, 1.807) is 0 Å². The minimum Gasteiger partial charge on any atom is -0.477 e. The highest BCUT2D eigenvalue weighted by Crippen LogP contribution is 2.31. The summed E-state index contributed by atoms with van der Waals surface area (Å²) in [5.74, 6) is -2.72. The summed E-state index contributed by atoms with van der Waals surface area (Å²) in [7, 11) is -2.71. The highest BCUT2D eigenvalue weighted by Gasteiger charge is 2.26. The van der Waals surface area contributed by atoms with E-state index in [4.69, 9.17) is 0 Å². The summed E-state index contributed by atoms with van der Waals surface area (Å²) < 4.78 is 0. The standard InChI is InChI=1S/C20H32O4Si2/c1-25(2,3)13-11-15-9-7-8-10-16(15)17(12-14-26(4,5)6)18(19(21)22)20(23)24/h7-10H,11-14H2,1-6H3,(H,21,22)(H,23,24). The van der Waals surface area contributed by atoms with Gasteiger partial charge < -0.3 is 10.2 Å². The fraction of sp³-hybridized carbons (Fsp3) is 0.500. The van der Waals surface area contributed by atoms with Crippen LogP contribution < -0.4 is 0 Å². The molecule has 0 spiro atoms. The number of benzene rings is 1. The van der Waals surface area contributed by atoms with E-state index in [2.05, 4.69) is 39.3 Å². The largest absolute Gasteiger partial charge is 0.477 e. The number of hydrogen-bond donors (Lipinski definition) is 2. The van der Waals surface area contributed by atoms with Crippen LogP contribution in [-0.2, 0) is 16.0 Å². The summed E-state index contributed by atoms with van der Waals surface area (Å²) in [4.78, 5) is 23.4. The highest BCUT2D eigenvalue weighted by atomic mass is 28.3. The molecule has 1 aromatic carbocycles. The Morgan fingerprint density at radius 3 is 1.81 bits per heavy atom. The highest BCUT2D eigenvalue weighted by molar-refractivity contribution is 6.76. The zero-order valence-electron chi connectivity index (χ0n) is 16.8. The van der Waals surface area contributed by atoms with Crippen LogP contribution in [0.1, 0.15) is 17.5 Å². The first-order valence-corrected chi connectivity index (χ1v) is 16.5. The van der Waals surface area contributed by atoms with Gasteiger partial charge in [-0.15, -0.1) is 0 Å². The number of rotatable bonds is 9. The third-order valence-corrected chi connectivity index (χ3v) is 7.84. The number of carbonyl (C=O) groups is 2. The lowest BCUT2D eigenvalue weighted by molar-refractivity contribution is -0.140. The summed E-state index contributed by atoms with van der Waals surface area (Å²) in [5, 5.41) is 19.1. The molecule has 1 rings (SSSR count). The molecule has 0 radical (unpaired) electrons. The molecule has 0 unspecified atom stereocenters. The number of carboxylic acid groups (broad SMARTS) is 2. The van der Waals surface area contributed by atoms with E-state index in [1.807, 2.05) is 24.3 Å². The van der Waals surface area contributed by atoms with Crippen molar-refractivity contribution in [3.05, 3.63) is 41.0 Å². The molecule has 4 nitrogen and oxygen atoms in total. The molecule has 1 aromatic rings. The van der Waals surface area contributed by atoms with Crippen LogP contribution in [0.4, 0.5) is 0 Å². The van der Waals surface area contributed by atoms with Crippen LogP contribution in [0.5, 0.6) is 0 Å². The Morgan fingerprint density at radius 2 is 1.35 bits per heavy atom. The van der Waals surface area contributed by atoms with Crippen LogP contribution in [0, 0.1) is 0 Å². The second kappa shape index (κ2) is 8.82. The molecule has 0 amide bonds. The normalized spacial score (nSPS) is 11.9. The number of aliphatic carboxylic acids is 2. The molecule has 2 N–H and O–H groups in total. The molecular weight excluding hydrogens is 360 g/mol. The van der Waals surface area contributed by atoms with Crippen molar-refractivity contribution in [1.82, 2.24) is 0 Å². The monoisotopic (exact) mass is 392 g/mol. The van der Waals surface area contributed by atoms with E-state index < -0.39 is 33.7 Å². The van der Waals surface area contributed by atoms with Gasteiger partial charge in [0.25, 0.3) is 0 Å². The Balaban J connectivity index is 3.46. The Hall–Kier alpha value is -1.67. The van der Waals surface area contributed by atoms with Gasteiger partial charge in [-0.3, -0.25) is 0 Å². The van der Waals surface area contributed by atoms with Crippen LogP contribution in [0.15, 0.2) is 29.8 Å². The maximum atomic E-state index is 11.7. The van der Waals surface area contributed by atoms with E-state index in [0.29, 0.717) is 12.0 Å². The number of hydrogen-bond acceptors (Lipinski definition) is 2. The summed E-state index contributed by atoms with van der Waals surface area (Å²) in [6.45, 7) is 13.5. The quantitative estimate of drug-likeness (QED) is 0.261. The summed E-state index contributed by atoms with van der Waals surface area (Å²) in [6.07, 6.45) is 1.35. The lowest BCUT2D eigenvalue weighted by Gasteiger charge is -2.21.